The van der Waals surface area contributed by atoms with Crippen molar-refractivity contribution in [1.82, 2.24) is 19.5 Å². The third-order valence-electron chi connectivity index (χ3n) is 2.70. The van der Waals surface area contributed by atoms with E-state index in [1.165, 1.54) is 5.56 Å². The number of anilines is 1. The Hall–Kier alpha value is -2.21. The Morgan fingerprint density at radius 3 is 2.83 bits per heavy atom. The van der Waals surface area contributed by atoms with Gasteiger partial charge in [0.25, 0.3) is 0 Å². The summed E-state index contributed by atoms with van der Waals surface area (Å²) in [7, 11) is 0. The lowest BCUT2D eigenvalue weighted by molar-refractivity contribution is 0.814. The number of aromatic amines is 1. The topological polar surface area (TPSA) is 72.5 Å². The zero-order valence-corrected chi connectivity index (χ0v) is 10.3. The van der Waals surface area contributed by atoms with Gasteiger partial charge in [-0.25, -0.2) is 9.97 Å². The number of rotatable bonds is 2. The fourth-order valence-corrected chi connectivity index (χ4v) is 2.13. The zero-order chi connectivity index (χ0) is 12.5. The molecule has 90 valence electrons. The van der Waals surface area contributed by atoms with Crippen LogP contribution in [0.4, 0.5) is 5.95 Å². The van der Waals surface area contributed by atoms with E-state index in [1.807, 2.05) is 22.8 Å². The van der Waals surface area contributed by atoms with Crippen molar-refractivity contribution in [3.8, 4) is 0 Å². The molecule has 0 bridgehead atoms. The number of imidazole rings is 1. The van der Waals surface area contributed by atoms with Crippen LogP contribution in [0.2, 0.25) is 0 Å². The third-order valence-corrected chi connectivity index (χ3v) is 2.99. The van der Waals surface area contributed by atoms with E-state index in [0.29, 0.717) is 22.7 Å². The van der Waals surface area contributed by atoms with Gasteiger partial charge in [-0.1, -0.05) is 42.5 Å². The molecule has 0 atom stereocenters. The molecular weight excluding hydrogens is 246 g/mol. The summed E-state index contributed by atoms with van der Waals surface area (Å²) in [6.07, 6.45) is 1.74. The van der Waals surface area contributed by atoms with Crippen LogP contribution < -0.4 is 5.73 Å². The maximum atomic E-state index is 5.67. The summed E-state index contributed by atoms with van der Waals surface area (Å²) < 4.78 is 2.39. The van der Waals surface area contributed by atoms with Gasteiger partial charge in [-0.05, 0) is 5.56 Å². The highest BCUT2D eigenvalue weighted by Gasteiger charge is 2.06. The second kappa shape index (κ2) is 4.23. The van der Waals surface area contributed by atoms with E-state index >= 15 is 0 Å². The van der Waals surface area contributed by atoms with Gasteiger partial charge < -0.3 is 15.3 Å². The van der Waals surface area contributed by atoms with Crippen LogP contribution >= 0.6 is 12.2 Å². The Kier molecular flexibility index (Phi) is 2.56. The van der Waals surface area contributed by atoms with Gasteiger partial charge >= 0.3 is 0 Å². The average molecular weight is 257 g/mol. The normalized spacial score (nSPS) is 10.9. The number of aromatic nitrogens is 4. The van der Waals surface area contributed by atoms with Gasteiger partial charge in [-0.3, -0.25) is 0 Å². The van der Waals surface area contributed by atoms with Gasteiger partial charge in [0.05, 0.1) is 12.9 Å². The first-order valence-electron chi connectivity index (χ1n) is 5.48. The SMILES string of the molecule is Nc1nc(=S)c2ncn(Cc3ccccc3)c2[nH]1. The fraction of sp³-hybridized carbons (Fsp3) is 0.0833. The van der Waals surface area contributed by atoms with E-state index in [-0.39, 0.29) is 0 Å². The van der Waals surface area contributed by atoms with Crippen LogP contribution in [0.5, 0.6) is 0 Å². The highest BCUT2D eigenvalue weighted by Crippen LogP contribution is 2.13. The highest BCUT2D eigenvalue weighted by molar-refractivity contribution is 7.71. The average Bonchev–Trinajstić information content (AvgIpc) is 2.74. The number of nitrogens with zero attached hydrogens (tertiary/aromatic N) is 3. The summed E-state index contributed by atoms with van der Waals surface area (Å²) in [5, 5.41) is 0. The molecule has 0 aliphatic carbocycles. The van der Waals surface area contributed by atoms with Gasteiger partial charge in [0.15, 0.2) is 10.6 Å². The molecule has 6 heteroatoms. The molecule has 0 amide bonds. The molecule has 3 rings (SSSR count). The molecule has 3 N–H and O–H groups in total. The number of H-pyrrole nitrogens is 1. The minimum atomic E-state index is 0.308. The predicted molar refractivity (Wildman–Crippen MR) is 72.7 cm³/mol. The van der Waals surface area contributed by atoms with E-state index in [4.69, 9.17) is 18.0 Å². The molecule has 0 aliphatic rings. The molecule has 0 saturated heterocycles. The maximum Gasteiger partial charge on any atom is 0.200 e. The number of benzene rings is 1. The number of hydrogen-bond acceptors (Lipinski definition) is 4. The van der Waals surface area contributed by atoms with E-state index in [0.717, 1.165) is 5.65 Å². The van der Waals surface area contributed by atoms with E-state index in [2.05, 4.69) is 27.1 Å². The van der Waals surface area contributed by atoms with Crippen molar-refractivity contribution in [2.24, 2.45) is 0 Å². The second-order valence-electron chi connectivity index (χ2n) is 3.98. The Morgan fingerprint density at radius 2 is 2.06 bits per heavy atom. The van der Waals surface area contributed by atoms with E-state index in [9.17, 15) is 0 Å². The Labute approximate surface area is 108 Å². The highest BCUT2D eigenvalue weighted by atomic mass is 32.1. The first-order chi connectivity index (χ1) is 8.74. The first kappa shape index (κ1) is 10.9. The fourth-order valence-electron chi connectivity index (χ4n) is 1.88. The Balaban J connectivity index is 2.11. The summed E-state index contributed by atoms with van der Waals surface area (Å²) in [6.45, 7) is 0.714. The van der Waals surface area contributed by atoms with Gasteiger partial charge in [0, 0.05) is 0 Å². The molecule has 0 aliphatic heterocycles. The van der Waals surface area contributed by atoms with Gasteiger partial charge in [-0.2, -0.15) is 0 Å². The van der Waals surface area contributed by atoms with Crippen LogP contribution in [-0.4, -0.2) is 19.5 Å². The quantitative estimate of drug-likeness (QED) is 0.690. The zero-order valence-electron chi connectivity index (χ0n) is 9.50. The molecule has 1 aromatic carbocycles. The second-order valence-corrected chi connectivity index (χ2v) is 4.37. The maximum absolute atomic E-state index is 5.67. The van der Waals surface area contributed by atoms with Crippen LogP contribution in [0.15, 0.2) is 36.7 Å². The van der Waals surface area contributed by atoms with E-state index in [1.54, 1.807) is 6.33 Å². The number of nitrogen functional groups attached to an aromatic ring is 1. The molecule has 0 radical (unpaired) electrons. The van der Waals surface area contributed by atoms with Crippen molar-refractivity contribution in [3.63, 3.8) is 0 Å². The molecule has 0 fully saturated rings. The minimum absolute atomic E-state index is 0.308. The predicted octanol–water partition coefficient (Wildman–Crippen LogP) is 2.12. The van der Waals surface area contributed by atoms with Crippen molar-refractivity contribution >= 4 is 29.3 Å². The number of nitrogens with one attached hydrogen (secondary N) is 1. The van der Waals surface area contributed by atoms with Gasteiger partial charge in [0.2, 0.25) is 0 Å². The molecule has 18 heavy (non-hydrogen) atoms. The third kappa shape index (κ3) is 1.86. The van der Waals surface area contributed by atoms with Crippen LogP contribution in [0.3, 0.4) is 0 Å². The van der Waals surface area contributed by atoms with Crippen molar-refractivity contribution in [1.29, 1.82) is 0 Å². The molecule has 0 unspecified atom stereocenters. The van der Waals surface area contributed by atoms with Crippen LogP contribution in [0, 0.1) is 4.64 Å². The van der Waals surface area contributed by atoms with Crippen molar-refractivity contribution in [3.05, 3.63) is 46.9 Å². The molecule has 2 aromatic heterocycles. The number of hydrogen-bond donors (Lipinski definition) is 2. The molecule has 0 spiro atoms. The molecule has 0 saturated carbocycles. The lowest BCUT2D eigenvalue weighted by Gasteiger charge is -2.04. The standard InChI is InChI=1S/C12H11N5S/c13-12-15-10-9(11(18)16-12)14-7-17(10)6-8-4-2-1-3-5-8/h1-5,7H,6H2,(H3,13,15,16,18). The molecule has 5 nitrogen and oxygen atoms in total. The summed E-state index contributed by atoms with van der Waals surface area (Å²) >= 11 is 5.13. The monoisotopic (exact) mass is 257 g/mol. The Bertz CT molecular complexity index is 744. The largest absolute Gasteiger partial charge is 0.369 e. The van der Waals surface area contributed by atoms with Crippen molar-refractivity contribution in [2.75, 3.05) is 5.73 Å². The molecule has 3 aromatic rings. The van der Waals surface area contributed by atoms with Crippen LogP contribution in [-0.2, 0) is 6.54 Å². The van der Waals surface area contributed by atoms with Crippen molar-refractivity contribution < 1.29 is 0 Å². The summed E-state index contributed by atoms with van der Waals surface area (Å²) in [4.78, 5) is 11.2. The van der Waals surface area contributed by atoms with Crippen LogP contribution in [0.25, 0.3) is 11.2 Å². The lowest BCUT2D eigenvalue weighted by Crippen LogP contribution is -2.02. The number of fused-ring (bicyclic) bond motifs is 1. The summed E-state index contributed by atoms with van der Waals surface area (Å²) in [5.74, 6) is 0.308. The van der Waals surface area contributed by atoms with Gasteiger partial charge in [-0.15, -0.1) is 0 Å². The van der Waals surface area contributed by atoms with Gasteiger partial charge in [0.1, 0.15) is 11.2 Å². The van der Waals surface area contributed by atoms with E-state index < -0.39 is 0 Å². The summed E-state index contributed by atoms with van der Waals surface area (Å²) in [6, 6.07) is 10.1. The lowest BCUT2D eigenvalue weighted by atomic mass is 10.2. The Morgan fingerprint density at radius 1 is 1.28 bits per heavy atom. The van der Waals surface area contributed by atoms with Crippen molar-refractivity contribution in [2.45, 2.75) is 6.54 Å². The first-order valence-corrected chi connectivity index (χ1v) is 5.89. The minimum Gasteiger partial charge on any atom is -0.369 e. The molecular formula is C12H11N5S. The molecule has 2 heterocycles. The van der Waals surface area contributed by atoms with Crippen LogP contribution in [0.1, 0.15) is 5.56 Å². The smallest absolute Gasteiger partial charge is 0.200 e. The number of nitrogens with two attached hydrogens (primary N) is 1. The summed E-state index contributed by atoms with van der Waals surface area (Å²) in [5.41, 5.74) is 8.34.